The van der Waals surface area contributed by atoms with Gasteiger partial charge in [0.15, 0.2) is 0 Å². The van der Waals surface area contributed by atoms with E-state index in [1.54, 1.807) is 0 Å². The number of ether oxygens (including phenoxy) is 1. The Morgan fingerprint density at radius 3 is 2.65 bits per heavy atom. The van der Waals surface area contributed by atoms with Gasteiger partial charge in [0.2, 0.25) is 0 Å². The largest absolute Gasteiger partial charge is 0.492 e. The SMILES string of the molecule is Cc1ccc(OCCN(C)Cc2ccnc(C(C)C)n2)c(C)c1. The second-order valence-electron chi connectivity index (χ2n) is 6.42. The van der Waals surface area contributed by atoms with Gasteiger partial charge in [0.05, 0.1) is 5.69 Å². The summed E-state index contributed by atoms with van der Waals surface area (Å²) in [5.41, 5.74) is 3.50. The van der Waals surface area contributed by atoms with Gasteiger partial charge in [-0.05, 0) is 38.6 Å². The lowest BCUT2D eigenvalue weighted by molar-refractivity contribution is 0.230. The molecular formula is C19H27N3O. The summed E-state index contributed by atoms with van der Waals surface area (Å²) < 4.78 is 5.89. The lowest BCUT2D eigenvalue weighted by Gasteiger charge is -2.18. The standard InChI is InChI=1S/C19H27N3O/c1-14(2)19-20-9-8-17(21-19)13-22(5)10-11-23-18-7-6-15(3)12-16(18)4/h6-9,12,14H,10-11,13H2,1-5H3. The minimum Gasteiger partial charge on any atom is -0.492 e. The van der Waals surface area contributed by atoms with Crippen LogP contribution in [0.4, 0.5) is 0 Å². The van der Waals surface area contributed by atoms with Crippen LogP contribution in [0.2, 0.25) is 0 Å². The molecule has 0 amide bonds. The highest BCUT2D eigenvalue weighted by Crippen LogP contribution is 2.18. The van der Waals surface area contributed by atoms with Gasteiger partial charge in [-0.3, -0.25) is 4.90 Å². The third kappa shape index (κ3) is 5.32. The van der Waals surface area contributed by atoms with Crippen molar-refractivity contribution in [3.63, 3.8) is 0 Å². The van der Waals surface area contributed by atoms with Gasteiger partial charge in [0.1, 0.15) is 18.2 Å². The van der Waals surface area contributed by atoms with Gasteiger partial charge < -0.3 is 4.74 Å². The van der Waals surface area contributed by atoms with Crippen molar-refractivity contribution in [3.05, 3.63) is 53.1 Å². The van der Waals surface area contributed by atoms with Crippen molar-refractivity contribution < 1.29 is 4.74 Å². The van der Waals surface area contributed by atoms with E-state index in [1.807, 2.05) is 18.3 Å². The van der Waals surface area contributed by atoms with Gasteiger partial charge in [-0.15, -0.1) is 0 Å². The highest BCUT2D eigenvalue weighted by molar-refractivity contribution is 5.35. The number of likely N-dealkylation sites (N-methyl/N-ethyl adjacent to an activating group) is 1. The molecular weight excluding hydrogens is 286 g/mol. The summed E-state index contributed by atoms with van der Waals surface area (Å²) in [4.78, 5) is 11.1. The summed E-state index contributed by atoms with van der Waals surface area (Å²) in [6.07, 6.45) is 1.84. The van der Waals surface area contributed by atoms with Crippen molar-refractivity contribution in [3.8, 4) is 5.75 Å². The Labute approximate surface area is 139 Å². The lowest BCUT2D eigenvalue weighted by Crippen LogP contribution is -2.24. The number of hydrogen-bond acceptors (Lipinski definition) is 4. The van der Waals surface area contributed by atoms with E-state index in [1.165, 1.54) is 11.1 Å². The van der Waals surface area contributed by atoms with Crippen molar-refractivity contribution in [2.45, 2.75) is 40.2 Å². The maximum atomic E-state index is 5.89. The summed E-state index contributed by atoms with van der Waals surface area (Å²) in [5.74, 6) is 2.23. The van der Waals surface area contributed by atoms with Crippen LogP contribution in [0, 0.1) is 13.8 Å². The zero-order valence-corrected chi connectivity index (χ0v) is 14.8. The Bertz CT molecular complexity index is 640. The molecule has 0 saturated heterocycles. The Morgan fingerprint density at radius 1 is 1.17 bits per heavy atom. The van der Waals surface area contributed by atoms with Crippen LogP contribution in [0.15, 0.2) is 30.5 Å². The summed E-state index contributed by atoms with van der Waals surface area (Å²) in [6, 6.07) is 8.26. The predicted molar refractivity (Wildman–Crippen MR) is 93.9 cm³/mol. The van der Waals surface area contributed by atoms with Crippen molar-refractivity contribution in [1.29, 1.82) is 0 Å². The highest BCUT2D eigenvalue weighted by Gasteiger charge is 2.07. The zero-order valence-electron chi connectivity index (χ0n) is 14.8. The molecule has 0 aliphatic carbocycles. The first kappa shape index (κ1) is 17.4. The predicted octanol–water partition coefficient (Wildman–Crippen LogP) is 3.73. The van der Waals surface area contributed by atoms with Gasteiger partial charge in [-0.2, -0.15) is 0 Å². The Balaban J connectivity index is 1.83. The molecule has 2 aromatic rings. The summed E-state index contributed by atoms with van der Waals surface area (Å²) in [7, 11) is 2.09. The van der Waals surface area contributed by atoms with Gasteiger partial charge in [-0.1, -0.05) is 31.5 Å². The van der Waals surface area contributed by atoms with Gasteiger partial charge in [-0.25, -0.2) is 9.97 Å². The highest BCUT2D eigenvalue weighted by atomic mass is 16.5. The van der Waals surface area contributed by atoms with Crippen LogP contribution in [0.5, 0.6) is 5.75 Å². The Kier molecular flexibility index (Phi) is 6.11. The molecule has 0 unspecified atom stereocenters. The summed E-state index contributed by atoms with van der Waals surface area (Å²) in [6.45, 7) is 10.7. The minimum absolute atomic E-state index is 0.355. The van der Waals surface area contributed by atoms with Crippen molar-refractivity contribution in [2.24, 2.45) is 0 Å². The molecule has 0 fully saturated rings. The first-order valence-electron chi connectivity index (χ1n) is 8.16. The average molecular weight is 313 g/mol. The average Bonchev–Trinajstić information content (AvgIpc) is 2.49. The third-order valence-corrected chi connectivity index (χ3v) is 3.74. The van der Waals surface area contributed by atoms with Crippen LogP contribution in [-0.4, -0.2) is 35.1 Å². The molecule has 0 bridgehead atoms. The van der Waals surface area contributed by atoms with E-state index < -0.39 is 0 Å². The quantitative estimate of drug-likeness (QED) is 0.781. The molecule has 0 aliphatic rings. The third-order valence-electron chi connectivity index (χ3n) is 3.74. The first-order valence-corrected chi connectivity index (χ1v) is 8.16. The maximum absolute atomic E-state index is 5.89. The fraction of sp³-hybridized carbons (Fsp3) is 0.474. The molecule has 23 heavy (non-hydrogen) atoms. The number of nitrogens with zero attached hydrogens (tertiary/aromatic N) is 3. The second kappa shape index (κ2) is 8.06. The molecule has 1 heterocycles. The number of aromatic nitrogens is 2. The van der Waals surface area contributed by atoms with Crippen molar-refractivity contribution in [1.82, 2.24) is 14.9 Å². The molecule has 0 spiro atoms. The molecule has 0 saturated carbocycles. The summed E-state index contributed by atoms with van der Waals surface area (Å²) in [5, 5.41) is 0. The van der Waals surface area contributed by atoms with E-state index >= 15 is 0 Å². The lowest BCUT2D eigenvalue weighted by atomic mass is 10.1. The van der Waals surface area contributed by atoms with E-state index in [2.05, 4.69) is 61.7 Å². The molecule has 1 aromatic heterocycles. The fourth-order valence-electron chi connectivity index (χ4n) is 2.41. The van der Waals surface area contributed by atoms with Crippen LogP contribution in [0.25, 0.3) is 0 Å². The molecule has 124 valence electrons. The van der Waals surface area contributed by atoms with Gasteiger partial charge in [0.25, 0.3) is 0 Å². The molecule has 0 N–H and O–H groups in total. The zero-order chi connectivity index (χ0) is 16.8. The van der Waals surface area contributed by atoms with Crippen LogP contribution < -0.4 is 4.74 Å². The number of benzene rings is 1. The van der Waals surface area contributed by atoms with Crippen molar-refractivity contribution in [2.75, 3.05) is 20.2 Å². The first-order chi connectivity index (χ1) is 11.0. The van der Waals surface area contributed by atoms with Gasteiger partial charge >= 0.3 is 0 Å². The second-order valence-corrected chi connectivity index (χ2v) is 6.42. The molecule has 1 aromatic carbocycles. The monoisotopic (exact) mass is 313 g/mol. The maximum Gasteiger partial charge on any atom is 0.131 e. The normalized spacial score (nSPS) is 11.3. The van der Waals surface area contributed by atoms with E-state index in [4.69, 9.17) is 4.74 Å². The van der Waals surface area contributed by atoms with E-state index in [9.17, 15) is 0 Å². The number of hydrogen-bond donors (Lipinski definition) is 0. The van der Waals surface area contributed by atoms with Crippen LogP contribution >= 0.6 is 0 Å². The number of rotatable bonds is 7. The van der Waals surface area contributed by atoms with Crippen LogP contribution in [0.3, 0.4) is 0 Å². The number of aryl methyl sites for hydroxylation is 2. The van der Waals surface area contributed by atoms with Gasteiger partial charge in [0, 0.05) is 25.2 Å². The van der Waals surface area contributed by atoms with Crippen LogP contribution in [0.1, 0.15) is 42.4 Å². The minimum atomic E-state index is 0.355. The topological polar surface area (TPSA) is 38.2 Å². The van der Waals surface area contributed by atoms with E-state index in [-0.39, 0.29) is 0 Å². The molecule has 0 aliphatic heterocycles. The molecule has 4 heteroatoms. The molecule has 0 atom stereocenters. The van der Waals surface area contributed by atoms with Crippen LogP contribution in [-0.2, 0) is 6.54 Å². The van der Waals surface area contributed by atoms with Crippen molar-refractivity contribution >= 4 is 0 Å². The van der Waals surface area contributed by atoms with E-state index in [0.29, 0.717) is 12.5 Å². The summed E-state index contributed by atoms with van der Waals surface area (Å²) >= 11 is 0. The molecule has 4 nitrogen and oxygen atoms in total. The molecule has 0 radical (unpaired) electrons. The Hall–Kier alpha value is -1.94. The molecule has 2 rings (SSSR count). The van der Waals surface area contributed by atoms with E-state index in [0.717, 1.165) is 30.4 Å². The fourth-order valence-corrected chi connectivity index (χ4v) is 2.41. The Morgan fingerprint density at radius 2 is 1.96 bits per heavy atom. The smallest absolute Gasteiger partial charge is 0.131 e.